The minimum absolute atomic E-state index is 0.00990. The second-order valence-corrected chi connectivity index (χ2v) is 9.48. The molecule has 0 aromatic heterocycles. The van der Waals surface area contributed by atoms with E-state index in [-0.39, 0.29) is 32.6 Å². The first-order valence-electron chi connectivity index (χ1n) is 8.70. The number of thioether (sulfide) groups is 1. The fraction of sp³-hybridized carbons (Fsp3) is 0.211. The quantitative estimate of drug-likeness (QED) is 0.691. The molecule has 2 aromatic carbocycles. The number of nitrogens with zero attached hydrogens (tertiary/aromatic N) is 2. The number of benzene rings is 2. The van der Waals surface area contributed by atoms with E-state index < -0.39 is 15.5 Å². The first-order valence-corrected chi connectivity index (χ1v) is 11.4. The van der Waals surface area contributed by atoms with Crippen LogP contribution in [0.1, 0.15) is 30.3 Å². The third-order valence-electron chi connectivity index (χ3n) is 4.00. The first kappa shape index (κ1) is 22.1. The predicted molar refractivity (Wildman–Crippen MR) is 115 cm³/mol. The fourth-order valence-electron chi connectivity index (χ4n) is 2.59. The number of aryl methyl sites for hydroxylation is 1. The van der Waals surface area contributed by atoms with Crippen molar-refractivity contribution in [3.05, 3.63) is 58.6 Å². The molecule has 1 N–H and O–H groups in total. The maximum Gasteiger partial charge on any atom is 0.339 e. The Hall–Kier alpha value is -2.56. The summed E-state index contributed by atoms with van der Waals surface area (Å²) < 4.78 is 30.2. The van der Waals surface area contributed by atoms with Gasteiger partial charge in [-0.25, -0.2) is 5.01 Å². The van der Waals surface area contributed by atoms with E-state index in [4.69, 9.17) is 15.8 Å². The molecule has 0 fully saturated rings. The Bertz CT molecular complexity index is 1130. The lowest BCUT2D eigenvalue weighted by Gasteiger charge is -2.20. The topological polar surface area (TPSA) is 105 Å². The van der Waals surface area contributed by atoms with Gasteiger partial charge in [-0.2, -0.15) is 8.42 Å². The van der Waals surface area contributed by atoms with E-state index >= 15 is 0 Å². The van der Waals surface area contributed by atoms with Crippen LogP contribution in [0.15, 0.2) is 52.5 Å². The SMILES string of the molecule is CC(=O)NC1=NN(C(C)=O)[C@H](c2ccc(OS(=O)(=O)c3ccc(C)cc3)c(Cl)c2)S1. The van der Waals surface area contributed by atoms with Gasteiger partial charge >= 0.3 is 10.1 Å². The van der Waals surface area contributed by atoms with E-state index in [9.17, 15) is 18.0 Å². The van der Waals surface area contributed by atoms with E-state index in [1.165, 1.54) is 43.1 Å². The van der Waals surface area contributed by atoms with Crippen molar-refractivity contribution in [3.8, 4) is 5.75 Å². The summed E-state index contributed by atoms with van der Waals surface area (Å²) in [5.41, 5.74) is 1.51. The van der Waals surface area contributed by atoms with Gasteiger partial charge in [0, 0.05) is 13.8 Å². The number of carbonyl (C=O) groups is 2. The van der Waals surface area contributed by atoms with E-state index in [1.807, 2.05) is 6.92 Å². The molecule has 2 aromatic rings. The summed E-state index contributed by atoms with van der Waals surface area (Å²) in [6.45, 7) is 4.53. The van der Waals surface area contributed by atoms with Crippen LogP contribution in [0.25, 0.3) is 0 Å². The number of nitrogens with one attached hydrogen (secondary N) is 1. The summed E-state index contributed by atoms with van der Waals surface area (Å²) in [6, 6.07) is 10.7. The molecular formula is C19H18ClN3O5S2. The summed E-state index contributed by atoms with van der Waals surface area (Å²) in [5, 5.41) is 7.64. The molecule has 1 aliphatic heterocycles. The largest absolute Gasteiger partial charge is 0.377 e. The zero-order valence-corrected chi connectivity index (χ0v) is 18.6. The van der Waals surface area contributed by atoms with Crippen LogP contribution in [0.4, 0.5) is 0 Å². The number of amides is 2. The summed E-state index contributed by atoms with van der Waals surface area (Å²) >= 11 is 7.43. The molecule has 0 spiro atoms. The van der Waals surface area contributed by atoms with Crippen LogP contribution < -0.4 is 9.50 Å². The molecule has 0 aliphatic carbocycles. The monoisotopic (exact) mass is 467 g/mol. The van der Waals surface area contributed by atoms with Crippen molar-refractivity contribution >= 4 is 50.5 Å². The molecule has 30 heavy (non-hydrogen) atoms. The van der Waals surface area contributed by atoms with Gasteiger partial charge < -0.3 is 9.50 Å². The van der Waals surface area contributed by atoms with Gasteiger partial charge in [-0.05, 0) is 36.8 Å². The molecule has 1 aliphatic rings. The molecule has 1 atom stereocenters. The average molecular weight is 468 g/mol. The zero-order valence-electron chi connectivity index (χ0n) is 16.2. The lowest BCUT2D eigenvalue weighted by Crippen LogP contribution is -2.25. The van der Waals surface area contributed by atoms with Crippen LogP contribution in [0.5, 0.6) is 5.75 Å². The number of hydrazone groups is 1. The van der Waals surface area contributed by atoms with Crippen molar-refractivity contribution in [2.45, 2.75) is 31.0 Å². The molecule has 11 heteroatoms. The minimum Gasteiger partial charge on any atom is -0.377 e. The highest BCUT2D eigenvalue weighted by atomic mass is 35.5. The Labute approximate surface area is 183 Å². The van der Waals surface area contributed by atoms with E-state index in [0.29, 0.717) is 5.56 Å². The molecule has 8 nitrogen and oxygen atoms in total. The van der Waals surface area contributed by atoms with Crippen molar-refractivity contribution in [1.29, 1.82) is 0 Å². The maximum atomic E-state index is 12.5. The van der Waals surface area contributed by atoms with Crippen LogP contribution in [0.2, 0.25) is 5.02 Å². The highest BCUT2D eigenvalue weighted by Gasteiger charge is 2.33. The van der Waals surface area contributed by atoms with Gasteiger partial charge in [0.25, 0.3) is 0 Å². The molecular weight excluding hydrogens is 450 g/mol. The van der Waals surface area contributed by atoms with Gasteiger partial charge in [-0.3, -0.25) is 9.59 Å². The Balaban J connectivity index is 1.84. The highest BCUT2D eigenvalue weighted by Crippen LogP contribution is 2.41. The van der Waals surface area contributed by atoms with Crippen molar-refractivity contribution < 1.29 is 22.2 Å². The van der Waals surface area contributed by atoms with E-state index in [1.54, 1.807) is 18.2 Å². The Morgan fingerprint density at radius 1 is 1.17 bits per heavy atom. The molecule has 2 amide bonds. The lowest BCUT2D eigenvalue weighted by molar-refractivity contribution is -0.129. The third-order valence-corrected chi connectivity index (χ3v) is 6.65. The summed E-state index contributed by atoms with van der Waals surface area (Å²) in [5.74, 6) is -0.680. The second-order valence-electron chi connectivity index (χ2n) is 6.46. The summed E-state index contributed by atoms with van der Waals surface area (Å²) in [6.07, 6.45) is 0. The first-order chi connectivity index (χ1) is 14.1. The highest BCUT2D eigenvalue weighted by molar-refractivity contribution is 8.14. The normalized spacial score (nSPS) is 16.2. The molecule has 1 heterocycles. The molecule has 158 valence electrons. The lowest BCUT2D eigenvalue weighted by atomic mass is 10.2. The average Bonchev–Trinajstić information content (AvgIpc) is 3.07. The molecule has 0 radical (unpaired) electrons. The van der Waals surface area contributed by atoms with Crippen LogP contribution in [-0.2, 0) is 19.7 Å². The van der Waals surface area contributed by atoms with Crippen molar-refractivity contribution in [2.24, 2.45) is 5.10 Å². The van der Waals surface area contributed by atoms with Gasteiger partial charge in [-0.1, -0.05) is 47.1 Å². The van der Waals surface area contributed by atoms with Gasteiger partial charge in [0.05, 0.1) is 5.02 Å². The van der Waals surface area contributed by atoms with Crippen molar-refractivity contribution in [3.63, 3.8) is 0 Å². The van der Waals surface area contributed by atoms with Crippen molar-refractivity contribution in [2.75, 3.05) is 0 Å². The Morgan fingerprint density at radius 2 is 1.83 bits per heavy atom. The zero-order chi connectivity index (χ0) is 22.1. The fourth-order valence-corrected chi connectivity index (χ4v) is 4.94. The van der Waals surface area contributed by atoms with Crippen LogP contribution in [-0.4, -0.2) is 30.4 Å². The van der Waals surface area contributed by atoms with Gasteiger partial charge in [0.15, 0.2) is 10.9 Å². The number of rotatable bonds is 4. The summed E-state index contributed by atoms with van der Waals surface area (Å²) in [7, 11) is -4.06. The smallest absolute Gasteiger partial charge is 0.339 e. The molecule has 0 saturated heterocycles. The Morgan fingerprint density at radius 3 is 2.40 bits per heavy atom. The summed E-state index contributed by atoms with van der Waals surface area (Å²) in [4.78, 5) is 23.2. The second kappa shape index (κ2) is 8.66. The molecule has 0 unspecified atom stereocenters. The minimum atomic E-state index is -4.06. The van der Waals surface area contributed by atoms with Crippen LogP contribution in [0.3, 0.4) is 0 Å². The van der Waals surface area contributed by atoms with Gasteiger partial charge in [-0.15, -0.1) is 5.10 Å². The molecule has 3 rings (SSSR count). The standard InChI is InChI=1S/C19H18ClN3O5S2/c1-11-4-7-15(8-5-11)30(26,27)28-17-9-6-14(10-16(17)20)18-23(13(3)25)22-19(29-18)21-12(2)24/h4-10,18H,1-3H3,(H,21,22,24)/t18-/m0/s1. The predicted octanol–water partition coefficient (Wildman–Crippen LogP) is 3.42. The van der Waals surface area contributed by atoms with E-state index in [2.05, 4.69) is 10.4 Å². The van der Waals surface area contributed by atoms with Gasteiger partial charge in [0.2, 0.25) is 11.8 Å². The Kier molecular flexibility index (Phi) is 6.39. The number of halogens is 1. The van der Waals surface area contributed by atoms with Gasteiger partial charge in [0.1, 0.15) is 10.3 Å². The number of hydrogen-bond donors (Lipinski definition) is 1. The third kappa shape index (κ3) is 4.94. The number of amidine groups is 1. The van der Waals surface area contributed by atoms with Crippen LogP contribution >= 0.6 is 23.4 Å². The van der Waals surface area contributed by atoms with Crippen LogP contribution in [0, 0.1) is 6.92 Å². The number of carbonyl (C=O) groups excluding carboxylic acids is 2. The molecule has 0 saturated carbocycles. The maximum absolute atomic E-state index is 12.5. The number of hydrogen-bond acceptors (Lipinski definition) is 7. The van der Waals surface area contributed by atoms with Crippen molar-refractivity contribution in [1.82, 2.24) is 10.3 Å². The molecule has 0 bridgehead atoms. The van der Waals surface area contributed by atoms with E-state index in [0.717, 1.165) is 17.3 Å².